The lowest BCUT2D eigenvalue weighted by atomic mass is 9.73. The van der Waals surface area contributed by atoms with Crippen LogP contribution in [-0.4, -0.2) is 86.0 Å². The van der Waals surface area contributed by atoms with Crippen molar-refractivity contribution in [3.63, 3.8) is 0 Å². The average Bonchev–Trinajstić information content (AvgIpc) is 3.61. The molecule has 3 aliphatic rings. The number of nitrogens with zero attached hydrogens (tertiary/aromatic N) is 6. The van der Waals surface area contributed by atoms with Crippen molar-refractivity contribution >= 4 is 34.2 Å². The zero-order valence-corrected chi connectivity index (χ0v) is 24.2. The largest absolute Gasteiger partial charge is 0.357 e. The van der Waals surface area contributed by atoms with E-state index in [1.807, 2.05) is 16.5 Å². The summed E-state index contributed by atoms with van der Waals surface area (Å²) in [5, 5.41) is 15.6. The highest BCUT2D eigenvalue weighted by Gasteiger charge is 2.39. The second-order valence-corrected chi connectivity index (χ2v) is 12.5. The van der Waals surface area contributed by atoms with Gasteiger partial charge in [0.05, 0.1) is 17.8 Å². The van der Waals surface area contributed by atoms with E-state index in [9.17, 15) is 9.59 Å². The van der Waals surface area contributed by atoms with Crippen LogP contribution in [0.25, 0.3) is 11.4 Å². The maximum absolute atomic E-state index is 13.4. The highest BCUT2D eigenvalue weighted by atomic mass is 32.1. The maximum atomic E-state index is 13.4. The molecule has 12 heteroatoms. The summed E-state index contributed by atoms with van der Waals surface area (Å²) >= 11 is 1.33. The molecule has 0 radical (unpaired) electrons. The van der Waals surface area contributed by atoms with Crippen molar-refractivity contribution in [3.8, 4) is 11.4 Å². The number of aromatic nitrogens is 5. The number of carbonyl (C=O) groups excluding carboxylic acids is 2. The number of anilines is 2. The van der Waals surface area contributed by atoms with Crippen molar-refractivity contribution < 1.29 is 9.59 Å². The molecule has 2 saturated heterocycles. The van der Waals surface area contributed by atoms with Gasteiger partial charge in [-0.3, -0.25) is 20.0 Å². The van der Waals surface area contributed by atoms with Gasteiger partial charge in [-0.15, -0.1) is 11.3 Å². The summed E-state index contributed by atoms with van der Waals surface area (Å²) in [5.74, 6) is 0.307. The summed E-state index contributed by atoms with van der Waals surface area (Å²) in [6, 6.07) is 0.606. The van der Waals surface area contributed by atoms with Crippen molar-refractivity contribution in [1.29, 1.82) is 0 Å². The quantitative estimate of drug-likeness (QED) is 0.415. The van der Waals surface area contributed by atoms with Crippen LogP contribution in [0.5, 0.6) is 0 Å². The van der Waals surface area contributed by atoms with E-state index < -0.39 is 0 Å². The summed E-state index contributed by atoms with van der Waals surface area (Å²) in [4.78, 5) is 44.5. The molecule has 2 fully saturated rings. The molecule has 5 heterocycles. The molecule has 3 N–H and O–H groups in total. The molecule has 3 aromatic heterocycles. The summed E-state index contributed by atoms with van der Waals surface area (Å²) in [6.07, 6.45) is 8.78. The number of nitrogens with one attached hydrogen (secondary N) is 3. The monoisotopic (exact) mass is 563 g/mol. The number of fused-ring (bicyclic) bond motifs is 3. The first-order valence-corrected chi connectivity index (χ1v) is 15.1. The molecular weight excluding hydrogens is 526 g/mol. The Morgan fingerprint density at radius 3 is 2.62 bits per heavy atom. The number of thiazole rings is 1. The van der Waals surface area contributed by atoms with Gasteiger partial charge in [0.2, 0.25) is 11.9 Å². The molecule has 1 aliphatic carbocycles. The first-order chi connectivity index (χ1) is 19.3. The number of piperidine rings is 2. The number of hydrogen-bond donors (Lipinski definition) is 3. The Kier molecular flexibility index (Phi) is 7.30. The van der Waals surface area contributed by atoms with Gasteiger partial charge >= 0.3 is 0 Å². The molecular formula is C28H37N9O2S. The van der Waals surface area contributed by atoms with Gasteiger partial charge in [0.15, 0.2) is 5.13 Å². The molecule has 2 aliphatic heterocycles. The number of hydrogen-bond acceptors (Lipinski definition) is 9. The SMILES string of the molecule is CNc1ncc2c(n1)-c1n[nH]c(C(=O)Nc3nc(CC(=O)N4CCC(N5CCCCC5)CC4)cs3)c1C(C)(C)C2. The lowest BCUT2D eigenvalue weighted by molar-refractivity contribution is -0.132. The van der Waals surface area contributed by atoms with Crippen molar-refractivity contribution in [3.05, 3.63) is 34.1 Å². The van der Waals surface area contributed by atoms with Crippen molar-refractivity contribution in [2.75, 3.05) is 43.9 Å². The molecule has 0 unspecified atom stereocenters. The standard InChI is InChI=1S/C28H37N9O2S/c1-28(2)14-17-15-30-26(29-3)32-22(17)23-21(28)24(35-34-23)25(39)33-27-31-18(16-40-27)13-20(38)37-11-7-19(8-12-37)36-9-5-4-6-10-36/h15-16,19H,4-14H2,1-3H3,(H,34,35)(H,29,30,32)(H,31,33,39). The van der Waals surface area contributed by atoms with Gasteiger partial charge in [0.1, 0.15) is 11.4 Å². The first-order valence-electron chi connectivity index (χ1n) is 14.2. The van der Waals surface area contributed by atoms with Crippen LogP contribution in [0.1, 0.15) is 73.3 Å². The molecule has 0 aromatic carbocycles. The molecule has 2 amide bonds. The summed E-state index contributed by atoms with van der Waals surface area (Å²) in [6.45, 7) is 8.19. The number of likely N-dealkylation sites (tertiary alicyclic amines) is 2. The van der Waals surface area contributed by atoms with Gasteiger partial charge < -0.3 is 15.1 Å². The number of amides is 2. The first kappa shape index (κ1) is 26.8. The predicted octanol–water partition coefficient (Wildman–Crippen LogP) is 3.47. The average molecular weight is 564 g/mol. The Morgan fingerprint density at radius 2 is 1.88 bits per heavy atom. The van der Waals surface area contributed by atoms with E-state index in [-0.39, 0.29) is 23.7 Å². The van der Waals surface area contributed by atoms with Crippen LogP contribution >= 0.6 is 11.3 Å². The Labute approximate surface area is 238 Å². The van der Waals surface area contributed by atoms with Gasteiger partial charge in [0.25, 0.3) is 5.91 Å². The van der Waals surface area contributed by atoms with Crippen molar-refractivity contribution in [2.45, 2.75) is 70.3 Å². The van der Waals surface area contributed by atoms with Gasteiger partial charge in [-0.2, -0.15) is 5.10 Å². The highest BCUT2D eigenvalue weighted by molar-refractivity contribution is 7.14. The third-order valence-electron chi connectivity index (χ3n) is 8.44. The lowest BCUT2D eigenvalue weighted by Crippen LogP contribution is -2.48. The number of carbonyl (C=O) groups is 2. The Balaban J connectivity index is 1.09. The van der Waals surface area contributed by atoms with E-state index in [0.29, 0.717) is 40.6 Å². The van der Waals surface area contributed by atoms with E-state index in [1.54, 1.807) is 7.05 Å². The smallest absolute Gasteiger partial charge is 0.275 e. The summed E-state index contributed by atoms with van der Waals surface area (Å²) < 4.78 is 0. The molecule has 11 nitrogen and oxygen atoms in total. The molecule has 0 bridgehead atoms. The van der Waals surface area contributed by atoms with E-state index in [1.165, 1.54) is 43.7 Å². The third-order valence-corrected chi connectivity index (χ3v) is 9.25. The zero-order chi connectivity index (χ0) is 27.9. The zero-order valence-electron chi connectivity index (χ0n) is 23.4. The summed E-state index contributed by atoms with van der Waals surface area (Å²) in [7, 11) is 1.77. The van der Waals surface area contributed by atoms with Crippen molar-refractivity contribution in [1.82, 2.24) is 34.9 Å². The van der Waals surface area contributed by atoms with Crippen LogP contribution in [0, 0.1) is 0 Å². The number of rotatable bonds is 6. The minimum Gasteiger partial charge on any atom is -0.357 e. The van der Waals surface area contributed by atoms with Gasteiger partial charge in [-0.1, -0.05) is 20.3 Å². The minimum absolute atomic E-state index is 0.103. The topological polar surface area (TPSA) is 132 Å². The van der Waals surface area contributed by atoms with E-state index in [0.717, 1.165) is 42.8 Å². The molecule has 212 valence electrons. The van der Waals surface area contributed by atoms with Gasteiger partial charge in [-0.05, 0) is 56.2 Å². The third kappa shape index (κ3) is 5.22. The van der Waals surface area contributed by atoms with Crippen LogP contribution < -0.4 is 10.6 Å². The van der Waals surface area contributed by atoms with Crippen LogP contribution in [0.3, 0.4) is 0 Å². The van der Waals surface area contributed by atoms with Gasteiger partial charge in [0, 0.05) is 43.3 Å². The van der Waals surface area contributed by atoms with Crippen LogP contribution in [0.2, 0.25) is 0 Å². The minimum atomic E-state index is -0.339. The number of aromatic amines is 1. The van der Waals surface area contributed by atoms with E-state index >= 15 is 0 Å². The fourth-order valence-corrected chi connectivity index (χ4v) is 7.10. The Hall–Kier alpha value is -3.38. The molecule has 0 saturated carbocycles. The number of H-pyrrole nitrogens is 1. The van der Waals surface area contributed by atoms with Crippen molar-refractivity contribution in [2.24, 2.45) is 0 Å². The maximum Gasteiger partial charge on any atom is 0.275 e. The van der Waals surface area contributed by atoms with Crippen LogP contribution in [0.15, 0.2) is 11.6 Å². The van der Waals surface area contributed by atoms with E-state index in [2.05, 4.69) is 54.5 Å². The fourth-order valence-electron chi connectivity index (χ4n) is 6.40. The lowest BCUT2D eigenvalue weighted by Gasteiger charge is -2.40. The Bertz CT molecular complexity index is 1400. The van der Waals surface area contributed by atoms with Crippen LogP contribution in [0.4, 0.5) is 11.1 Å². The molecule has 6 rings (SSSR count). The molecule has 0 spiro atoms. The summed E-state index contributed by atoms with van der Waals surface area (Å²) in [5.41, 5.74) is 3.98. The second kappa shape index (κ2) is 10.9. The molecule has 0 atom stereocenters. The Morgan fingerprint density at radius 1 is 1.10 bits per heavy atom. The molecule has 3 aromatic rings. The highest BCUT2D eigenvalue weighted by Crippen LogP contribution is 2.43. The fraction of sp³-hybridized carbons (Fsp3) is 0.571. The second-order valence-electron chi connectivity index (χ2n) is 11.7. The molecule has 40 heavy (non-hydrogen) atoms. The van der Waals surface area contributed by atoms with Gasteiger partial charge in [-0.25, -0.2) is 15.0 Å². The van der Waals surface area contributed by atoms with E-state index in [4.69, 9.17) is 0 Å². The van der Waals surface area contributed by atoms with Crippen LogP contribution in [-0.2, 0) is 23.1 Å². The predicted molar refractivity (Wildman–Crippen MR) is 155 cm³/mol. The normalized spacial score (nSPS) is 19.1.